The van der Waals surface area contributed by atoms with Crippen molar-refractivity contribution in [3.63, 3.8) is 0 Å². The largest absolute Gasteiger partial charge is 0.444 e. The maximum absolute atomic E-state index is 11.9. The van der Waals surface area contributed by atoms with Crippen LogP contribution >= 0.6 is 15.9 Å². The van der Waals surface area contributed by atoms with Gasteiger partial charge >= 0.3 is 6.09 Å². The van der Waals surface area contributed by atoms with E-state index in [2.05, 4.69) is 45.5 Å². The van der Waals surface area contributed by atoms with E-state index >= 15 is 0 Å². The fraction of sp³-hybridized carbons (Fsp3) is 0.632. The van der Waals surface area contributed by atoms with E-state index in [0.717, 1.165) is 10.9 Å². The molecule has 1 aromatic rings. The average molecular weight is 380 g/mol. The highest BCUT2D eigenvalue weighted by atomic mass is 79.9. The van der Waals surface area contributed by atoms with Gasteiger partial charge in [-0.3, -0.25) is 0 Å². The molecule has 4 heteroatoms. The van der Waals surface area contributed by atoms with Gasteiger partial charge in [-0.2, -0.15) is 0 Å². The van der Waals surface area contributed by atoms with Crippen molar-refractivity contribution in [1.29, 1.82) is 0 Å². The Morgan fingerprint density at radius 1 is 1.22 bits per heavy atom. The SMILES string of the molecule is CC(C)(C)OC(=O)NC1CC12CCC(c1ccc(Br)cc1)CC2. The van der Waals surface area contributed by atoms with Gasteiger partial charge in [-0.25, -0.2) is 4.79 Å². The summed E-state index contributed by atoms with van der Waals surface area (Å²) in [6.45, 7) is 5.70. The molecule has 1 unspecified atom stereocenters. The molecule has 1 atom stereocenters. The third-order valence-corrected chi connectivity index (χ3v) is 5.73. The molecular formula is C19H26BrNO2. The average Bonchev–Trinajstić information content (AvgIpc) is 3.10. The van der Waals surface area contributed by atoms with E-state index in [4.69, 9.17) is 4.74 Å². The first kappa shape index (κ1) is 16.8. The van der Waals surface area contributed by atoms with Gasteiger partial charge < -0.3 is 10.1 Å². The Labute approximate surface area is 147 Å². The van der Waals surface area contributed by atoms with Crippen molar-refractivity contribution in [3.05, 3.63) is 34.3 Å². The van der Waals surface area contributed by atoms with Crippen molar-refractivity contribution in [1.82, 2.24) is 5.32 Å². The number of benzene rings is 1. The second-order valence-electron chi connectivity index (χ2n) is 8.09. The molecule has 2 saturated carbocycles. The highest BCUT2D eigenvalue weighted by molar-refractivity contribution is 9.10. The zero-order valence-corrected chi connectivity index (χ0v) is 15.8. The highest BCUT2D eigenvalue weighted by Crippen LogP contribution is 2.58. The zero-order valence-electron chi connectivity index (χ0n) is 14.2. The van der Waals surface area contributed by atoms with Gasteiger partial charge in [-0.05, 0) is 81.9 Å². The molecule has 0 saturated heterocycles. The van der Waals surface area contributed by atoms with Crippen LogP contribution < -0.4 is 5.32 Å². The van der Waals surface area contributed by atoms with Crippen molar-refractivity contribution >= 4 is 22.0 Å². The summed E-state index contributed by atoms with van der Waals surface area (Å²) in [7, 11) is 0. The number of nitrogens with one attached hydrogen (secondary N) is 1. The van der Waals surface area contributed by atoms with Gasteiger partial charge in [0, 0.05) is 10.5 Å². The number of rotatable bonds is 2. The van der Waals surface area contributed by atoms with Crippen LogP contribution in [-0.4, -0.2) is 17.7 Å². The minimum atomic E-state index is -0.425. The summed E-state index contributed by atoms with van der Waals surface area (Å²) in [6.07, 6.45) is 5.68. The Morgan fingerprint density at radius 3 is 2.39 bits per heavy atom. The predicted molar refractivity (Wildman–Crippen MR) is 95.6 cm³/mol. The molecule has 1 amide bonds. The van der Waals surface area contributed by atoms with Gasteiger partial charge in [-0.1, -0.05) is 28.1 Å². The van der Waals surface area contributed by atoms with Crippen LogP contribution in [0.15, 0.2) is 28.7 Å². The quantitative estimate of drug-likeness (QED) is 0.747. The second-order valence-corrected chi connectivity index (χ2v) is 9.01. The van der Waals surface area contributed by atoms with Crippen molar-refractivity contribution in [2.24, 2.45) is 5.41 Å². The van der Waals surface area contributed by atoms with E-state index in [-0.39, 0.29) is 6.09 Å². The molecule has 0 radical (unpaired) electrons. The van der Waals surface area contributed by atoms with E-state index in [1.165, 1.54) is 31.2 Å². The fourth-order valence-electron chi connectivity index (χ4n) is 3.82. The number of alkyl carbamates (subject to hydrolysis) is 1. The lowest BCUT2D eigenvalue weighted by molar-refractivity contribution is 0.0512. The summed E-state index contributed by atoms with van der Waals surface area (Å²) in [4.78, 5) is 11.9. The Hall–Kier alpha value is -1.03. The second kappa shape index (κ2) is 6.12. The molecule has 23 heavy (non-hydrogen) atoms. The number of ether oxygens (including phenoxy) is 1. The van der Waals surface area contributed by atoms with Crippen LogP contribution in [0.3, 0.4) is 0 Å². The van der Waals surface area contributed by atoms with Gasteiger partial charge in [0.1, 0.15) is 5.60 Å². The number of hydrogen-bond donors (Lipinski definition) is 1. The van der Waals surface area contributed by atoms with Crippen molar-refractivity contribution in [3.8, 4) is 0 Å². The lowest BCUT2D eigenvalue weighted by atomic mass is 9.76. The number of hydrogen-bond acceptors (Lipinski definition) is 2. The molecule has 126 valence electrons. The van der Waals surface area contributed by atoms with E-state index in [1.54, 1.807) is 0 Å². The Morgan fingerprint density at radius 2 is 1.83 bits per heavy atom. The normalized spacial score (nSPS) is 30.1. The van der Waals surface area contributed by atoms with E-state index < -0.39 is 5.60 Å². The number of carbonyl (C=O) groups is 1. The minimum Gasteiger partial charge on any atom is -0.444 e. The van der Waals surface area contributed by atoms with Gasteiger partial charge in [0.05, 0.1) is 0 Å². The molecule has 3 rings (SSSR count). The van der Waals surface area contributed by atoms with Gasteiger partial charge in [0.2, 0.25) is 0 Å². The first-order valence-corrected chi connectivity index (χ1v) is 9.32. The minimum absolute atomic E-state index is 0.269. The van der Waals surface area contributed by atoms with Crippen LogP contribution in [0, 0.1) is 5.41 Å². The Balaban J connectivity index is 1.50. The van der Waals surface area contributed by atoms with E-state index in [1.807, 2.05) is 20.8 Å². The summed E-state index contributed by atoms with van der Waals surface area (Å²) in [6, 6.07) is 9.03. The highest BCUT2D eigenvalue weighted by Gasteiger charge is 2.56. The topological polar surface area (TPSA) is 38.3 Å². The summed E-state index contributed by atoms with van der Waals surface area (Å²) in [5, 5.41) is 3.07. The monoisotopic (exact) mass is 379 g/mol. The zero-order chi connectivity index (χ0) is 16.7. The Bertz CT molecular complexity index is 568. The van der Waals surface area contributed by atoms with Crippen molar-refractivity contribution < 1.29 is 9.53 Å². The first-order valence-electron chi connectivity index (χ1n) is 8.52. The maximum atomic E-state index is 11.9. The van der Waals surface area contributed by atoms with Crippen LogP contribution in [0.1, 0.15) is 64.4 Å². The lowest BCUT2D eigenvalue weighted by Crippen LogP contribution is -2.36. The number of amides is 1. The predicted octanol–water partition coefficient (Wildman–Crippen LogP) is 5.39. The molecule has 0 aromatic heterocycles. The molecule has 2 aliphatic carbocycles. The lowest BCUT2D eigenvalue weighted by Gasteiger charge is -2.30. The molecule has 1 N–H and O–H groups in total. The molecule has 0 heterocycles. The van der Waals surface area contributed by atoms with Crippen LogP contribution in [0.4, 0.5) is 4.79 Å². The molecule has 1 aromatic carbocycles. The summed E-state index contributed by atoms with van der Waals surface area (Å²) in [5.74, 6) is 0.663. The molecule has 2 fully saturated rings. The van der Waals surface area contributed by atoms with Crippen LogP contribution in [0.2, 0.25) is 0 Å². The van der Waals surface area contributed by atoms with Crippen LogP contribution in [-0.2, 0) is 4.74 Å². The van der Waals surface area contributed by atoms with Gasteiger partial charge in [0.15, 0.2) is 0 Å². The van der Waals surface area contributed by atoms with Crippen LogP contribution in [0.5, 0.6) is 0 Å². The molecule has 0 bridgehead atoms. The Kier molecular flexibility index (Phi) is 4.47. The van der Waals surface area contributed by atoms with Crippen LogP contribution in [0.25, 0.3) is 0 Å². The van der Waals surface area contributed by atoms with E-state index in [0.29, 0.717) is 17.4 Å². The van der Waals surface area contributed by atoms with E-state index in [9.17, 15) is 4.79 Å². The standard InChI is InChI=1S/C19H26BrNO2/c1-18(2,3)23-17(22)21-16-12-19(16)10-8-14(9-11-19)13-4-6-15(20)7-5-13/h4-7,14,16H,8-12H2,1-3H3,(H,21,22). The third kappa shape index (κ3) is 4.09. The van der Waals surface area contributed by atoms with Crippen molar-refractivity contribution in [2.75, 3.05) is 0 Å². The third-order valence-electron chi connectivity index (χ3n) is 5.20. The molecule has 1 spiro atoms. The van der Waals surface area contributed by atoms with Gasteiger partial charge in [0.25, 0.3) is 0 Å². The summed E-state index contributed by atoms with van der Waals surface area (Å²) < 4.78 is 6.51. The number of halogens is 1. The smallest absolute Gasteiger partial charge is 0.407 e. The molecule has 3 nitrogen and oxygen atoms in total. The first-order chi connectivity index (χ1) is 10.8. The van der Waals surface area contributed by atoms with Crippen molar-refractivity contribution in [2.45, 2.75) is 70.4 Å². The summed E-state index contributed by atoms with van der Waals surface area (Å²) >= 11 is 3.50. The maximum Gasteiger partial charge on any atom is 0.407 e. The van der Waals surface area contributed by atoms with Gasteiger partial charge in [-0.15, -0.1) is 0 Å². The molecule has 2 aliphatic rings. The number of carbonyl (C=O) groups excluding carboxylic acids is 1. The molecule has 0 aliphatic heterocycles. The molecular weight excluding hydrogens is 354 g/mol. The fourth-order valence-corrected chi connectivity index (χ4v) is 4.08. The summed E-state index contributed by atoms with van der Waals surface area (Å²) in [5.41, 5.74) is 1.36.